The third-order valence-corrected chi connectivity index (χ3v) is 3.01. The monoisotopic (exact) mass is 243 g/mol. The van der Waals surface area contributed by atoms with E-state index in [9.17, 15) is 9.59 Å². The Balaban J connectivity index is 2.86. The third-order valence-electron chi connectivity index (χ3n) is 1.64. The molecule has 1 heterocycles. The van der Waals surface area contributed by atoms with Gasteiger partial charge in [0.25, 0.3) is 5.91 Å². The fourth-order valence-electron chi connectivity index (χ4n) is 0.952. The van der Waals surface area contributed by atoms with Gasteiger partial charge in [-0.05, 0) is 0 Å². The minimum absolute atomic E-state index is 0.282. The van der Waals surface area contributed by atoms with Crippen LogP contribution in [0.5, 0.6) is 0 Å². The molecule has 1 fully saturated rings. The van der Waals surface area contributed by atoms with E-state index in [1.807, 2.05) is 0 Å². The molecule has 1 saturated heterocycles. The van der Waals surface area contributed by atoms with Gasteiger partial charge in [0.15, 0.2) is 0 Å². The normalized spacial score (nSPS) is 18.5. The summed E-state index contributed by atoms with van der Waals surface area (Å²) in [5, 5.41) is 0. The molecule has 15 heavy (non-hydrogen) atoms. The number of thioether (sulfide) groups is 1. The molecule has 0 aromatic rings. The van der Waals surface area contributed by atoms with Crippen molar-refractivity contribution in [3.05, 3.63) is 23.6 Å². The van der Waals surface area contributed by atoms with Crippen LogP contribution in [0.2, 0.25) is 0 Å². The molecule has 0 bridgehead atoms. The van der Waals surface area contributed by atoms with Crippen molar-refractivity contribution in [1.29, 1.82) is 0 Å². The maximum Gasteiger partial charge on any atom is 0.331 e. The van der Waals surface area contributed by atoms with E-state index < -0.39 is 5.97 Å². The lowest BCUT2D eigenvalue weighted by Gasteiger charge is -2.10. The first-order valence-electron chi connectivity index (χ1n) is 4.04. The Hall–Kier alpha value is -1.14. The number of esters is 1. The van der Waals surface area contributed by atoms with Crippen LogP contribution < -0.4 is 0 Å². The summed E-state index contributed by atoms with van der Waals surface area (Å²) >= 11 is 6.06. The highest BCUT2D eigenvalue weighted by molar-refractivity contribution is 8.26. The SMILES string of the molecule is C=CCN1C(=O)/C(=C\C(=O)OC)SC1=S. The summed E-state index contributed by atoms with van der Waals surface area (Å²) in [4.78, 5) is 24.3. The van der Waals surface area contributed by atoms with E-state index in [0.29, 0.717) is 10.9 Å². The van der Waals surface area contributed by atoms with Gasteiger partial charge in [-0.15, -0.1) is 6.58 Å². The molecule has 0 aromatic heterocycles. The number of nitrogens with zero attached hydrogens (tertiary/aromatic N) is 1. The molecule has 6 heteroatoms. The maximum absolute atomic E-state index is 11.7. The Labute approximate surface area is 97.0 Å². The lowest BCUT2D eigenvalue weighted by molar-refractivity contribution is -0.135. The molecule has 0 N–H and O–H groups in total. The van der Waals surface area contributed by atoms with E-state index in [1.54, 1.807) is 6.08 Å². The highest BCUT2D eigenvalue weighted by Crippen LogP contribution is 2.30. The van der Waals surface area contributed by atoms with Crippen molar-refractivity contribution in [3.8, 4) is 0 Å². The zero-order chi connectivity index (χ0) is 11.4. The first-order valence-corrected chi connectivity index (χ1v) is 5.27. The molecule has 4 nitrogen and oxygen atoms in total. The first-order chi connectivity index (χ1) is 7.10. The summed E-state index contributed by atoms with van der Waals surface area (Å²) in [7, 11) is 1.25. The number of amides is 1. The fraction of sp³-hybridized carbons (Fsp3) is 0.222. The Morgan fingerprint density at radius 1 is 1.73 bits per heavy atom. The molecule has 1 amide bonds. The van der Waals surface area contributed by atoms with Gasteiger partial charge in [-0.3, -0.25) is 9.69 Å². The highest BCUT2D eigenvalue weighted by atomic mass is 32.2. The van der Waals surface area contributed by atoms with E-state index in [1.165, 1.54) is 12.0 Å². The van der Waals surface area contributed by atoms with Crippen LogP contribution in [0.3, 0.4) is 0 Å². The van der Waals surface area contributed by atoms with E-state index in [2.05, 4.69) is 11.3 Å². The average Bonchev–Trinajstić information content (AvgIpc) is 2.46. The summed E-state index contributed by atoms with van der Waals surface area (Å²) in [5.74, 6) is -0.843. The summed E-state index contributed by atoms with van der Waals surface area (Å²) in [5.41, 5.74) is 0. The van der Waals surface area contributed by atoms with Gasteiger partial charge in [-0.1, -0.05) is 30.1 Å². The van der Waals surface area contributed by atoms with Crippen LogP contribution >= 0.6 is 24.0 Å². The summed E-state index contributed by atoms with van der Waals surface area (Å²) in [6.45, 7) is 3.87. The predicted molar refractivity (Wildman–Crippen MR) is 62.2 cm³/mol. The van der Waals surface area contributed by atoms with E-state index in [4.69, 9.17) is 12.2 Å². The Kier molecular flexibility index (Phi) is 4.05. The van der Waals surface area contributed by atoms with Crippen LogP contribution in [-0.4, -0.2) is 34.8 Å². The molecule has 80 valence electrons. The number of carbonyl (C=O) groups is 2. The Morgan fingerprint density at radius 2 is 2.40 bits per heavy atom. The van der Waals surface area contributed by atoms with E-state index in [-0.39, 0.29) is 10.8 Å². The number of hydrogen-bond donors (Lipinski definition) is 0. The first kappa shape index (κ1) is 11.9. The minimum atomic E-state index is -0.561. The van der Waals surface area contributed by atoms with Gasteiger partial charge in [0, 0.05) is 12.6 Å². The quantitative estimate of drug-likeness (QED) is 0.321. The molecule has 0 aliphatic carbocycles. The molecular weight excluding hydrogens is 234 g/mol. The Morgan fingerprint density at radius 3 is 2.93 bits per heavy atom. The van der Waals surface area contributed by atoms with Crippen molar-refractivity contribution < 1.29 is 14.3 Å². The molecule has 0 atom stereocenters. The van der Waals surface area contributed by atoms with Gasteiger partial charge in [-0.25, -0.2) is 4.79 Å². The molecule has 1 aliphatic heterocycles. The van der Waals surface area contributed by atoms with Crippen molar-refractivity contribution in [2.24, 2.45) is 0 Å². The Bertz CT molecular complexity index is 362. The number of ether oxygens (including phenoxy) is 1. The second-order valence-corrected chi connectivity index (χ2v) is 4.28. The molecule has 1 rings (SSSR count). The molecule has 0 unspecified atom stereocenters. The van der Waals surface area contributed by atoms with Crippen molar-refractivity contribution in [3.63, 3.8) is 0 Å². The number of hydrogen-bond acceptors (Lipinski definition) is 5. The largest absolute Gasteiger partial charge is 0.466 e. The van der Waals surface area contributed by atoms with Gasteiger partial charge in [-0.2, -0.15) is 0 Å². The fourth-order valence-corrected chi connectivity index (χ4v) is 2.19. The standard InChI is InChI=1S/C9H9NO3S2/c1-3-4-10-8(12)6(15-9(10)14)5-7(11)13-2/h3,5H,1,4H2,2H3/b6-5+. The number of carbonyl (C=O) groups excluding carboxylic acids is 2. The van der Waals surface area contributed by atoms with Crippen LogP contribution in [0.25, 0.3) is 0 Å². The molecule has 0 aromatic carbocycles. The zero-order valence-corrected chi connectivity index (χ0v) is 9.69. The van der Waals surface area contributed by atoms with Crippen LogP contribution in [0.15, 0.2) is 23.6 Å². The zero-order valence-electron chi connectivity index (χ0n) is 8.06. The third kappa shape index (κ3) is 2.66. The van der Waals surface area contributed by atoms with Gasteiger partial charge in [0.1, 0.15) is 4.32 Å². The average molecular weight is 243 g/mol. The van der Waals surface area contributed by atoms with E-state index in [0.717, 1.165) is 17.8 Å². The van der Waals surface area contributed by atoms with Gasteiger partial charge < -0.3 is 4.74 Å². The molecule has 1 aliphatic rings. The number of thiocarbonyl (C=S) groups is 1. The second-order valence-electron chi connectivity index (χ2n) is 2.60. The predicted octanol–water partition coefficient (Wildman–Crippen LogP) is 1.09. The van der Waals surface area contributed by atoms with Gasteiger partial charge >= 0.3 is 5.97 Å². The van der Waals surface area contributed by atoms with Crippen LogP contribution in [0.1, 0.15) is 0 Å². The highest BCUT2D eigenvalue weighted by Gasteiger charge is 2.31. The molecule has 0 spiro atoms. The topological polar surface area (TPSA) is 46.6 Å². The van der Waals surface area contributed by atoms with Gasteiger partial charge in [0.05, 0.1) is 12.0 Å². The number of rotatable bonds is 3. The number of methoxy groups -OCH3 is 1. The summed E-state index contributed by atoms with van der Waals surface area (Å²) < 4.78 is 4.85. The smallest absolute Gasteiger partial charge is 0.331 e. The molecular formula is C9H9NO3S2. The van der Waals surface area contributed by atoms with Crippen molar-refractivity contribution in [1.82, 2.24) is 4.90 Å². The minimum Gasteiger partial charge on any atom is -0.466 e. The van der Waals surface area contributed by atoms with Crippen LogP contribution in [-0.2, 0) is 14.3 Å². The van der Waals surface area contributed by atoms with Gasteiger partial charge in [0.2, 0.25) is 0 Å². The van der Waals surface area contributed by atoms with Crippen molar-refractivity contribution in [2.75, 3.05) is 13.7 Å². The lowest BCUT2D eigenvalue weighted by Crippen LogP contribution is -2.28. The van der Waals surface area contributed by atoms with Crippen molar-refractivity contribution in [2.45, 2.75) is 0 Å². The molecule has 0 saturated carbocycles. The summed E-state index contributed by atoms with van der Waals surface area (Å²) in [6, 6.07) is 0. The van der Waals surface area contributed by atoms with E-state index >= 15 is 0 Å². The van der Waals surface area contributed by atoms with Crippen molar-refractivity contribution >= 4 is 40.2 Å². The second kappa shape index (κ2) is 5.09. The van der Waals surface area contributed by atoms with Crippen LogP contribution in [0.4, 0.5) is 0 Å². The maximum atomic E-state index is 11.7. The summed E-state index contributed by atoms with van der Waals surface area (Å²) in [6.07, 6.45) is 2.72. The lowest BCUT2D eigenvalue weighted by atomic mass is 10.4. The molecule has 0 radical (unpaired) electrons. The van der Waals surface area contributed by atoms with Crippen LogP contribution in [0, 0.1) is 0 Å².